The van der Waals surface area contributed by atoms with Crippen LogP contribution in [0.25, 0.3) is 0 Å². The lowest BCUT2D eigenvalue weighted by Crippen LogP contribution is -2.32. The number of hydrogen-bond donors (Lipinski definition) is 2. The van der Waals surface area contributed by atoms with E-state index in [-0.39, 0.29) is 12.0 Å². The van der Waals surface area contributed by atoms with Gasteiger partial charge >= 0.3 is 0 Å². The number of nitrogens with one attached hydrogen (secondary N) is 2. The summed E-state index contributed by atoms with van der Waals surface area (Å²) in [6, 6.07) is 9.09. The Hall–Kier alpha value is -2.76. The van der Waals surface area contributed by atoms with Crippen LogP contribution in [-0.4, -0.2) is 24.7 Å². The molecule has 5 nitrogen and oxygen atoms in total. The van der Waals surface area contributed by atoms with Gasteiger partial charge in [-0.05, 0) is 45.0 Å². The Morgan fingerprint density at radius 3 is 2.92 bits per heavy atom. The van der Waals surface area contributed by atoms with E-state index in [2.05, 4.69) is 10.6 Å². The lowest BCUT2D eigenvalue weighted by atomic mass is 10.1. The summed E-state index contributed by atoms with van der Waals surface area (Å²) >= 11 is 0. The summed E-state index contributed by atoms with van der Waals surface area (Å²) < 4.78 is 24.8. The Balaban J connectivity index is 1.74. The van der Waals surface area contributed by atoms with Gasteiger partial charge in [-0.15, -0.1) is 0 Å². The summed E-state index contributed by atoms with van der Waals surface area (Å²) in [4.78, 5) is 12.4. The van der Waals surface area contributed by atoms with Crippen LogP contribution in [-0.2, 0) is 11.2 Å². The molecule has 1 amide bonds. The minimum Gasteiger partial charge on any atom is -0.492 e. The van der Waals surface area contributed by atoms with Gasteiger partial charge in [0.05, 0.1) is 12.3 Å². The van der Waals surface area contributed by atoms with Crippen LogP contribution in [0.15, 0.2) is 36.4 Å². The highest BCUT2D eigenvalue weighted by Gasteiger charge is 2.23. The normalized spacial score (nSPS) is 16.4. The van der Waals surface area contributed by atoms with Gasteiger partial charge in [0.1, 0.15) is 29.5 Å². The molecule has 26 heavy (non-hydrogen) atoms. The van der Waals surface area contributed by atoms with Gasteiger partial charge in [0.25, 0.3) is 0 Å². The van der Waals surface area contributed by atoms with E-state index in [9.17, 15) is 9.18 Å². The standard InChI is InChI=1S/C20H23FN2O3/c1-4-25-19-9-14-8-12(2)26-18(14)11-17(19)22-13(3)20(24)23-16-7-5-6-15(21)10-16/h5-7,9-13,22H,4,8H2,1-3H3,(H,23,24)/t12-,13-/m0/s1. The second kappa shape index (κ2) is 7.64. The topological polar surface area (TPSA) is 59.6 Å². The smallest absolute Gasteiger partial charge is 0.246 e. The zero-order valence-electron chi connectivity index (χ0n) is 15.1. The summed E-state index contributed by atoms with van der Waals surface area (Å²) in [5.74, 6) is 0.829. The van der Waals surface area contributed by atoms with Gasteiger partial charge in [0, 0.05) is 23.7 Å². The van der Waals surface area contributed by atoms with E-state index < -0.39 is 11.9 Å². The molecular formula is C20H23FN2O3. The van der Waals surface area contributed by atoms with Gasteiger partial charge in [-0.25, -0.2) is 4.39 Å². The maximum atomic E-state index is 13.3. The molecule has 138 valence electrons. The van der Waals surface area contributed by atoms with Crippen molar-refractivity contribution in [2.24, 2.45) is 0 Å². The van der Waals surface area contributed by atoms with Crippen molar-refractivity contribution >= 4 is 17.3 Å². The van der Waals surface area contributed by atoms with Crippen LogP contribution in [0, 0.1) is 5.82 Å². The largest absolute Gasteiger partial charge is 0.492 e. The fourth-order valence-electron chi connectivity index (χ4n) is 2.94. The highest BCUT2D eigenvalue weighted by molar-refractivity contribution is 5.96. The van der Waals surface area contributed by atoms with E-state index in [4.69, 9.17) is 9.47 Å². The van der Waals surface area contributed by atoms with Crippen molar-refractivity contribution in [3.8, 4) is 11.5 Å². The molecule has 6 heteroatoms. The van der Waals surface area contributed by atoms with Gasteiger partial charge in [0.15, 0.2) is 0 Å². The number of fused-ring (bicyclic) bond motifs is 1. The molecule has 2 atom stereocenters. The minimum absolute atomic E-state index is 0.128. The average molecular weight is 358 g/mol. The fraction of sp³-hybridized carbons (Fsp3) is 0.350. The van der Waals surface area contributed by atoms with Gasteiger partial charge < -0.3 is 20.1 Å². The molecule has 1 heterocycles. The van der Waals surface area contributed by atoms with E-state index >= 15 is 0 Å². The Morgan fingerprint density at radius 2 is 2.19 bits per heavy atom. The second-order valence-electron chi connectivity index (χ2n) is 6.39. The number of rotatable bonds is 6. The van der Waals surface area contributed by atoms with Crippen LogP contribution in [0.3, 0.4) is 0 Å². The molecular weight excluding hydrogens is 335 g/mol. The first-order valence-electron chi connectivity index (χ1n) is 8.75. The molecule has 0 aromatic heterocycles. The Morgan fingerprint density at radius 1 is 1.38 bits per heavy atom. The summed E-state index contributed by atoms with van der Waals surface area (Å²) in [6.07, 6.45) is 0.967. The number of benzene rings is 2. The maximum absolute atomic E-state index is 13.3. The number of hydrogen-bond acceptors (Lipinski definition) is 4. The number of halogens is 1. The number of ether oxygens (including phenoxy) is 2. The summed E-state index contributed by atoms with van der Waals surface area (Å²) in [5.41, 5.74) is 2.21. The van der Waals surface area contributed by atoms with Gasteiger partial charge in [-0.1, -0.05) is 6.07 Å². The lowest BCUT2D eigenvalue weighted by molar-refractivity contribution is -0.116. The SMILES string of the molecule is CCOc1cc2c(cc1N[C@@H](C)C(=O)Nc1cccc(F)c1)O[C@@H](C)C2. The number of anilines is 2. The molecule has 0 bridgehead atoms. The quantitative estimate of drug-likeness (QED) is 0.820. The zero-order valence-corrected chi connectivity index (χ0v) is 15.1. The van der Waals surface area contributed by atoms with Crippen LogP contribution in [0.1, 0.15) is 26.3 Å². The average Bonchev–Trinajstić information content (AvgIpc) is 2.94. The van der Waals surface area contributed by atoms with Gasteiger partial charge in [-0.3, -0.25) is 4.79 Å². The van der Waals surface area contributed by atoms with Gasteiger partial charge in [-0.2, -0.15) is 0 Å². The molecule has 0 aliphatic carbocycles. The molecule has 2 aromatic rings. The Labute approximate surface area is 152 Å². The third-order valence-corrected chi connectivity index (χ3v) is 4.16. The van der Waals surface area contributed by atoms with Crippen molar-refractivity contribution in [3.63, 3.8) is 0 Å². The molecule has 2 N–H and O–H groups in total. The molecule has 2 aromatic carbocycles. The van der Waals surface area contributed by atoms with E-state index in [1.807, 2.05) is 26.0 Å². The Bertz CT molecular complexity index is 810. The van der Waals surface area contributed by atoms with Crippen molar-refractivity contribution < 1.29 is 18.7 Å². The molecule has 0 spiro atoms. The monoisotopic (exact) mass is 358 g/mol. The number of carbonyl (C=O) groups excluding carboxylic acids is 1. The van der Waals surface area contributed by atoms with Crippen molar-refractivity contribution in [3.05, 3.63) is 47.8 Å². The highest BCUT2D eigenvalue weighted by atomic mass is 19.1. The van der Waals surface area contributed by atoms with Crippen molar-refractivity contribution in [2.75, 3.05) is 17.2 Å². The Kier molecular flexibility index (Phi) is 5.30. The third kappa shape index (κ3) is 4.07. The summed E-state index contributed by atoms with van der Waals surface area (Å²) in [6.45, 7) is 6.19. The zero-order chi connectivity index (χ0) is 18.7. The molecule has 1 aliphatic rings. The molecule has 0 saturated heterocycles. The van der Waals surface area contributed by atoms with Crippen LogP contribution < -0.4 is 20.1 Å². The summed E-state index contributed by atoms with van der Waals surface area (Å²) in [5, 5.41) is 5.86. The number of carbonyl (C=O) groups is 1. The van der Waals surface area contributed by atoms with Crippen molar-refractivity contribution in [2.45, 2.75) is 39.3 Å². The molecule has 1 aliphatic heterocycles. The summed E-state index contributed by atoms with van der Waals surface area (Å²) in [7, 11) is 0. The van der Waals surface area contributed by atoms with Crippen molar-refractivity contribution in [1.82, 2.24) is 0 Å². The predicted octanol–water partition coefficient (Wildman–Crippen LogP) is 3.99. The highest BCUT2D eigenvalue weighted by Crippen LogP contribution is 2.38. The van der Waals surface area contributed by atoms with Crippen LogP contribution in [0.2, 0.25) is 0 Å². The lowest BCUT2D eigenvalue weighted by Gasteiger charge is -2.19. The van der Waals surface area contributed by atoms with Crippen LogP contribution in [0.5, 0.6) is 11.5 Å². The maximum Gasteiger partial charge on any atom is 0.246 e. The van der Waals surface area contributed by atoms with E-state index in [0.717, 1.165) is 17.7 Å². The van der Waals surface area contributed by atoms with Gasteiger partial charge in [0.2, 0.25) is 5.91 Å². The molecule has 0 radical (unpaired) electrons. The van der Waals surface area contributed by atoms with Crippen LogP contribution in [0.4, 0.5) is 15.8 Å². The predicted molar refractivity (Wildman–Crippen MR) is 99.5 cm³/mol. The fourth-order valence-corrected chi connectivity index (χ4v) is 2.94. The second-order valence-corrected chi connectivity index (χ2v) is 6.39. The molecule has 0 fully saturated rings. The van der Waals surface area contributed by atoms with E-state index in [0.29, 0.717) is 23.7 Å². The minimum atomic E-state index is -0.547. The number of amides is 1. The van der Waals surface area contributed by atoms with E-state index in [1.54, 1.807) is 19.1 Å². The molecule has 3 rings (SSSR count). The van der Waals surface area contributed by atoms with E-state index in [1.165, 1.54) is 12.1 Å². The first kappa shape index (κ1) is 18.0. The first-order valence-corrected chi connectivity index (χ1v) is 8.75. The molecule has 0 saturated carbocycles. The third-order valence-electron chi connectivity index (χ3n) is 4.16. The van der Waals surface area contributed by atoms with Crippen molar-refractivity contribution in [1.29, 1.82) is 0 Å². The molecule has 0 unspecified atom stereocenters. The van der Waals surface area contributed by atoms with Crippen LogP contribution >= 0.6 is 0 Å². The first-order chi connectivity index (χ1) is 12.5.